The highest BCUT2D eigenvalue weighted by Crippen LogP contribution is 2.29. The number of pyridine rings is 1. The summed E-state index contributed by atoms with van der Waals surface area (Å²) in [4.78, 5) is 31.4. The number of methoxy groups -OCH3 is 1. The number of benzene rings is 2. The summed E-state index contributed by atoms with van der Waals surface area (Å²) in [5, 5.41) is 13.1. The molecule has 5 rings (SSSR count). The first kappa shape index (κ1) is 23.4. The monoisotopic (exact) mass is 490 g/mol. The Kier molecular flexibility index (Phi) is 6.18. The Bertz CT molecular complexity index is 1710. The molecule has 0 saturated heterocycles. The van der Waals surface area contributed by atoms with Crippen molar-refractivity contribution in [3.05, 3.63) is 94.9 Å². The second kappa shape index (κ2) is 9.75. The molecule has 0 radical (unpaired) electrons. The number of nitriles is 1. The third kappa shape index (κ3) is 4.41. The van der Waals surface area contributed by atoms with Gasteiger partial charge in [0.25, 0.3) is 5.56 Å². The molecular formula is C27H22N8O2. The van der Waals surface area contributed by atoms with E-state index in [0.29, 0.717) is 33.7 Å². The molecule has 10 nitrogen and oxygen atoms in total. The highest BCUT2D eigenvalue weighted by Gasteiger charge is 2.21. The van der Waals surface area contributed by atoms with Crippen molar-refractivity contribution in [2.24, 2.45) is 0 Å². The van der Waals surface area contributed by atoms with Gasteiger partial charge in [-0.25, -0.2) is 9.97 Å². The van der Waals surface area contributed by atoms with Crippen LogP contribution in [0, 0.1) is 11.3 Å². The molecule has 0 fully saturated rings. The molecule has 0 aliphatic carbocycles. The molecule has 0 spiro atoms. The summed E-state index contributed by atoms with van der Waals surface area (Å²) >= 11 is 0. The van der Waals surface area contributed by atoms with Gasteiger partial charge in [-0.3, -0.25) is 14.3 Å². The first-order valence-corrected chi connectivity index (χ1v) is 11.4. The number of anilines is 2. The maximum atomic E-state index is 14.2. The number of nitrogens with zero attached hydrogens (tertiary/aromatic N) is 6. The zero-order valence-corrected chi connectivity index (χ0v) is 20.1. The molecule has 3 heterocycles. The number of hydrogen-bond acceptors (Lipinski definition) is 9. The lowest BCUT2D eigenvalue weighted by Gasteiger charge is -2.21. The van der Waals surface area contributed by atoms with Crippen LogP contribution in [0.15, 0.2) is 78.0 Å². The van der Waals surface area contributed by atoms with E-state index in [1.54, 1.807) is 30.1 Å². The molecule has 3 aromatic heterocycles. The maximum Gasteiger partial charge on any atom is 0.266 e. The number of para-hydroxylation sites is 1. The molecule has 10 heteroatoms. The van der Waals surface area contributed by atoms with E-state index in [1.165, 1.54) is 6.20 Å². The summed E-state index contributed by atoms with van der Waals surface area (Å²) in [6, 6.07) is 18.1. The van der Waals surface area contributed by atoms with Crippen molar-refractivity contribution in [1.29, 1.82) is 5.26 Å². The largest absolute Gasteiger partial charge is 0.495 e. The Morgan fingerprint density at radius 3 is 2.65 bits per heavy atom. The number of nitrogens with one attached hydrogen (secondary N) is 1. The predicted molar refractivity (Wildman–Crippen MR) is 140 cm³/mol. The Morgan fingerprint density at radius 1 is 1.08 bits per heavy atom. The number of nitrogen functional groups attached to an aromatic ring is 1. The molecule has 37 heavy (non-hydrogen) atoms. The van der Waals surface area contributed by atoms with Gasteiger partial charge >= 0.3 is 0 Å². The summed E-state index contributed by atoms with van der Waals surface area (Å²) in [6.45, 7) is 1.84. The average Bonchev–Trinajstić information content (AvgIpc) is 2.93. The molecule has 0 aliphatic rings. The van der Waals surface area contributed by atoms with E-state index in [2.05, 4.69) is 26.3 Å². The van der Waals surface area contributed by atoms with Gasteiger partial charge in [0, 0.05) is 11.8 Å². The topological polar surface area (TPSA) is 145 Å². The standard InChI is InChI=1S/C27H22N8O2/c1-16(32-24-18(12-28)14-31-27(29)34-24)25-33-22-10-6-9-21(17-11-20(37-2)15-30-13-17)23(22)26(36)35(25)19-7-4-3-5-8-19/h3-11,13-16H,1-2H3,(H3,29,31,32,34). The fraction of sp³-hybridized carbons (Fsp3) is 0.111. The minimum atomic E-state index is -0.527. The Labute approximate surface area is 212 Å². The summed E-state index contributed by atoms with van der Waals surface area (Å²) in [6.07, 6.45) is 4.64. The summed E-state index contributed by atoms with van der Waals surface area (Å²) in [5.41, 5.74) is 8.31. The van der Waals surface area contributed by atoms with Gasteiger partial charge in [-0.15, -0.1) is 0 Å². The van der Waals surface area contributed by atoms with Gasteiger partial charge in [0.2, 0.25) is 5.95 Å². The normalized spacial score (nSPS) is 11.6. The number of nitrogens with two attached hydrogens (primary N) is 1. The van der Waals surface area contributed by atoms with Gasteiger partial charge in [-0.05, 0) is 36.8 Å². The van der Waals surface area contributed by atoms with E-state index in [9.17, 15) is 10.1 Å². The zero-order chi connectivity index (χ0) is 25.9. The van der Waals surface area contributed by atoms with Crippen LogP contribution in [0.5, 0.6) is 5.75 Å². The summed E-state index contributed by atoms with van der Waals surface area (Å²) < 4.78 is 6.90. The van der Waals surface area contributed by atoms with Gasteiger partial charge in [0.15, 0.2) is 0 Å². The molecule has 182 valence electrons. The van der Waals surface area contributed by atoms with E-state index in [1.807, 2.05) is 55.5 Å². The Morgan fingerprint density at radius 2 is 1.89 bits per heavy atom. The van der Waals surface area contributed by atoms with Crippen LogP contribution < -0.4 is 21.3 Å². The number of fused-ring (bicyclic) bond motifs is 1. The van der Waals surface area contributed by atoms with E-state index in [4.69, 9.17) is 15.5 Å². The fourth-order valence-electron chi connectivity index (χ4n) is 4.14. The van der Waals surface area contributed by atoms with Crippen LogP contribution in [0.25, 0.3) is 27.7 Å². The van der Waals surface area contributed by atoms with Gasteiger partial charge < -0.3 is 15.8 Å². The zero-order valence-electron chi connectivity index (χ0n) is 20.1. The third-order valence-corrected chi connectivity index (χ3v) is 5.87. The second-order valence-electron chi connectivity index (χ2n) is 8.23. The van der Waals surface area contributed by atoms with Crippen molar-refractivity contribution >= 4 is 22.7 Å². The van der Waals surface area contributed by atoms with Gasteiger partial charge in [-0.1, -0.05) is 30.3 Å². The molecule has 2 aromatic carbocycles. The van der Waals surface area contributed by atoms with E-state index in [0.717, 1.165) is 5.56 Å². The first-order chi connectivity index (χ1) is 18.0. The van der Waals surface area contributed by atoms with Crippen LogP contribution >= 0.6 is 0 Å². The molecular weight excluding hydrogens is 468 g/mol. The molecule has 0 aliphatic heterocycles. The van der Waals surface area contributed by atoms with Crippen molar-refractivity contribution < 1.29 is 4.74 Å². The quantitative estimate of drug-likeness (QED) is 0.362. The van der Waals surface area contributed by atoms with Crippen LogP contribution in [-0.4, -0.2) is 31.6 Å². The first-order valence-electron chi connectivity index (χ1n) is 11.4. The van der Waals surface area contributed by atoms with Gasteiger partial charge in [0.1, 0.15) is 29.0 Å². The van der Waals surface area contributed by atoms with Crippen LogP contribution in [-0.2, 0) is 0 Å². The summed E-state index contributed by atoms with van der Waals surface area (Å²) in [5.74, 6) is 1.30. The molecule has 0 amide bonds. The molecule has 1 atom stereocenters. The van der Waals surface area contributed by atoms with Crippen LogP contribution in [0.2, 0.25) is 0 Å². The van der Waals surface area contributed by atoms with Crippen molar-refractivity contribution in [2.75, 3.05) is 18.2 Å². The smallest absolute Gasteiger partial charge is 0.266 e. The van der Waals surface area contributed by atoms with Crippen molar-refractivity contribution in [3.8, 4) is 28.6 Å². The molecule has 0 bridgehead atoms. The second-order valence-corrected chi connectivity index (χ2v) is 8.23. The predicted octanol–water partition coefficient (Wildman–Crippen LogP) is 3.87. The highest BCUT2D eigenvalue weighted by atomic mass is 16.5. The van der Waals surface area contributed by atoms with E-state index in [-0.39, 0.29) is 22.9 Å². The minimum Gasteiger partial charge on any atom is -0.495 e. The SMILES string of the molecule is COc1cncc(-c2cccc3nc(C(C)Nc4nc(N)ncc4C#N)n(-c4ccccc4)c(=O)c23)c1. The Balaban J connectivity index is 1.74. The number of hydrogen-bond donors (Lipinski definition) is 2. The van der Waals surface area contributed by atoms with Crippen LogP contribution in [0.1, 0.15) is 24.4 Å². The molecule has 5 aromatic rings. The van der Waals surface area contributed by atoms with E-state index < -0.39 is 6.04 Å². The van der Waals surface area contributed by atoms with Gasteiger partial charge in [-0.2, -0.15) is 10.2 Å². The summed E-state index contributed by atoms with van der Waals surface area (Å²) in [7, 11) is 1.57. The molecule has 0 saturated carbocycles. The van der Waals surface area contributed by atoms with Crippen molar-refractivity contribution in [2.45, 2.75) is 13.0 Å². The highest BCUT2D eigenvalue weighted by molar-refractivity contribution is 5.94. The van der Waals surface area contributed by atoms with Crippen molar-refractivity contribution in [1.82, 2.24) is 24.5 Å². The molecule has 1 unspecified atom stereocenters. The lowest BCUT2D eigenvalue weighted by Crippen LogP contribution is -2.28. The fourth-order valence-corrected chi connectivity index (χ4v) is 4.14. The van der Waals surface area contributed by atoms with Crippen molar-refractivity contribution in [3.63, 3.8) is 0 Å². The Hall–Kier alpha value is -5.30. The lowest BCUT2D eigenvalue weighted by atomic mass is 10.0. The third-order valence-electron chi connectivity index (χ3n) is 5.87. The lowest BCUT2D eigenvalue weighted by molar-refractivity contribution is 0.413. The number of aromatic nitrogens is 5. The number of rotatable bonds is 6. The number of ether oxygens (including phenoxy) is 1. The van der Waals surface area contributed by atoms with Gasteiger partial charge in [0.05, 0.1) is 42.1 Å². The maximum absolute atomic E-state index is 14.2. The average molecular weight is 491 g/mol. The minimum absolute atomic E-state index is 0.0251. The molecule has 3 N–H and O–H groups in total. The van der Waals surface area contributed by atoms with Crippen LogP contribution in [0.3, 0.4) is 0 Å². The van der Waals surface area contributed by atoms with Crippen LogP contribution in [0.4, 0.5) is 11.8 Å². The van der Waals surface area contributed by atoms with E-state index >= 15 is 0 Å².